The SMILES string of the molecule is CCc1ccc(S)cc1OC. The molecule has 0 aliphatic rings. The van der Waals surface area contributed by atoms with Crippen molar-refractivity contribution >= 4 is 12.6 Å². The van der Waals surface area contributed by atoms with Crippen molar-refractivity contribution in [3.05, 3.63) is 23.8 Å². The predicted octanol–water partition coefficient (Wildman–Crippen LogP) is 2.55. The van der Waals surface area contributed by atoms with Crippen molar-refractivity contribution in [2.45, 2.75) is 18.2 Å². The lowest BCUT2D eigenvalue weighted by molar-refractivity contribution is 0.409. The van der Waals surface area contributed by atoms with Crippen LogP contribution in [0.25, 0.3) is 0 Å². The topological polar surface area (TPSA) is 9.23 Å². The predicted molar refractivity (Wildman–Crippen MR) is 49.6 cm³/mol. The third-order valence-corrected chi connectivity index (χ3v) is 1.93. The first-order valence-corrected chi connectivity index (χ1v) is 4.08. The van der Waals surface area contributed by atoms with Crippen molar-refractivity contribution in [2.75, 3.05) is 7.11 Å². The van der Waals surface area contributed by atoms with E-state index in [0.29, 0.717) is 0 Å². The summed E-state index contributed by atoms with van der Waals surface area (Å²) in [6.45, 7) is 2.11. The molecule has 0 atom stereocenters. The lowest BCUT2D eigenvalue weighted by Crippen LogP contribution is -1.89. The standard InChI is InChI=1S/C9H12OS/c1-3-7-4-5-8(11)6-9(7)10-2/h4-6,11H,3H2,1-2H3. The second kappa shape index (κ2) is 3.67. The molecule has 0 saturated carbocycles. The van der Waals surface area contributed by atoms with E-state index in [-0.39, 0.29) is 0 Å². The minimum absolute atomic E-state index is 0.931. The molecule has 0 spiro atoms. The third-order valence-electron chi connectivity index (χ3n) is 1.65. The van der Waals surface area contributed by atoms with Crippen LogP contribution in [0.4, 0.5) is 0 Å². The van der Waals surface area contributed by atoms with Crippen LogP contribution in [0.3, 0.4) is 0 Å². The molecule has 1 nitrogen and oxygen atoms in total. The van der Waals surface area contributed by atoms with Gasteiger partial charge in [-0.05, 0) is 24.1 Å². The molecule has 0 amide bonds. The zero-order valence-corrected chi connectivity index (χ0v) is 7.69. The highest BCUT2D eigenvalue weighted by Crippen LogP contribution is 2.21. The van der Waals surface area contributed by atoms with E-state index < -0.39 is 0 Å². The van der Waals surface area contributed by atoms with E-state index in [1.54, 1.807) is 7.11 Å². The van der Waals surface area contributed by atoms with Crippen LogP contribution in [0.2, 0.25) is 0 Å². The Kier molecular flexibility index (Phi) is 2.83. The van der Waals surface area contributed by atoms with Gasteiger partial charge in [0.2, 0.25) is 0 Å². The molecule has 1 rings (SSSR count). The molecule has 0 heterocycles. The van der Waals surface area contributed by atoms with Crippen LogP contribution in [0, 0.1) is 0 Å². The normalized spacial score (nSPS) is 9.73. The maximum Gasteiger partial charge on any atom is 0.123 e. The van der Waals surface area contributed by atoms with Crippen LogP contribution >= 0.6 is 12.6 Å². The lowest BCUT2D eigenvalue weighted by Gasteiger charge is -2.05. The number of methoxy groups -OCH3 is 1. The van der Waals surface area contributed by atoms with Crippen molar-refractivity contribution < 1.29 is 4.74 Å². The molecule has 0 bridgehead atoms. The van der Waals surface area contributed by atoms with E-state index in [9.17, 15) is 0 Å². The monoisotopic (exact) mass is 168 g/mol. The average Bonchev–Trinajstić information content (AvgIpc) is 2.04. The van der Waals surface area contributed by atoms with Crippen LogP contribution < -0.4 is 4.74 Å². The maximum atomic E-state index is 5.17. The Bertz CT molecular complexity index is 245. The first-order valence-electron chi connectivity index (χ1n) is 3.63. The highest BCUT2D eigenvalue weighted by Gasteiger charge is 1.99. The zero-order chi connectivity index (χ0) is 8.27. The summed E-state index contributed by atoms with van der Waals surface area (Å²) in [5.74, 6) is 0.931. The van der Waals surface area contributed by atoms with Crippen LogP contribution in [0.15, 0.2) is 23.1 Å². The molecule has 1 aromatic rings. The van der Waals surface area contributed by atoms with E-state index in [1.165, 1.54) is 5.56 Å². The molecule has 0 fully saturated rings. The molecular formula is C9H12OS. The van der Waals surface area contributed by atoms with Gasteiger partial charge in [-0.2, -0.15) is 0 Å². The molecule has 0 aliphatic carbocycles. The number of ether oxygens (including phenoxy) is 1. The second-order valence-electron chi connectivity index (χ2n) is 2.35. The maximum absolute atomic E-state index is 5.17. The molecule has 11 heavy (non-hydrogen) atoms. The fourth-order valence-electron chi connectivity index (χ4n) is 1.03. The molecule has 0 aromatic heterocycles. The van der Waals surface area contributed by atoms with Crippen LogP contribution in [0.5, 0.6) is 5.75 Å². The Morgan fingerprint density at radius 2 is 2.18 bits per heavy atom. The van der Waals surface area contributed by atoms with E-state index in [4.69, 9.17) is 4.74 Å². The van der Waals surface area contributed by atoms with Gasteiger partial charge in [0.1, 0.15) is 5.75 Å². The molecular weight excluding hydrogens is 156 g/mol. The summed E-state index contributed by atoms with van der Waals surface area (Å²) >= 11 is 4.21. The molecule has 0 unspecified atom stereocenters. The fraction of sp³-hybridized carbons (Fsp3) is 0.333. The molecule has 1 aromatic carbocycles. The average molecular weight is 168 g/mol. The summed E-state index contributed by atoms with van der Waals surface area (Å²) in [6, 6.07) is 5.95. The summed E-state index contributed by atoms with van der Waals surface area (Å²) in [7, 11) is 1.68. The molecule has 0 saturated heterocycles. The quantitative estimate of drug-likeness (QED) is 0.668. The Labute approximate surface area is 72.8 Å². The number of hydrogen-bond acceptors (Lipinski definition) is 2. The van der Waals surface area contributed by atoms with Crippen molar-refractivity contribution in [3.63, 3.8) is 0 Å². The number of rotatable bonds is 2. The summed E-state index contributed by atoms with van der Waals surface area (Å²) in [5.41, 5.74) is 1.23. The Hall–Kier alpha value is -0.630. The minimum Gasteiger partial charge on any atom is -0.496 e. The molecule has 0 radical (unpaired) electrons. The van der Waals surface area contributed by atoms with Gasteiger partial charge in [-0.15, -0.1) is 12.6 Å². The Morgan fingerprint density at radius 3 is 2.73 bits per heavy atom. The molecule has 0 aliphatic heterocycles. The van der Waals surface area contributed by atoms with Crippen LogP contribution in [-0.4, -0.2) is 7.11 Å². The van der Waals surface area contributed by atoms with Gasteiger partial charge in [0.15, 0.2) is 0 Å². The summed E-state index contributed by atoms with van der Waals surface area (Å²) in [6.07, 6.45) is 0.997. The van der Waals surface area contributed by atoms with E-state index in [0.717, 1.165) is 17.1 Å². The van der Waals surface area contributed by atoms with Gasteiger partial charge >= 0.3 is 0 Å². The first kappa shape index (κ1) is 8.47. The van der Waals surface area contributed by atoms with E-state index in [2.05, 4.69) is 19.6 Å². The van der Waals surface area contributed by atoms with Gasteiger partial charge in [0.05, 0.1) is 7.11 Å². The smallest absolute Gasteiger partial charge is 0.123 e. The molecule has 0 N–H and O–H groups in total. The number of hydrogen-bond donors (Lipinski definition) is 1. The summed E-state index contributed by atoms with van der Waals surface area (Å²) < 4.78 is 5.17. The van der Waals surface area contributed by atoms with Crippen LogP contribution in [-0.2, 0) is 6.42 Å². The van der Waals surface area contributed by atoms with Gasteiger partial charge in [-0.3, -0.25) is 0 Å². The minimum atomic E-state index is 0.931. The largest absolute Gasteiger partial charge is 0.496 e. The van der Waals surface area contributed by atoms with Gasteiger partial charge in [0.25, 0.3) is 0 Å². The van der Waals surface area contributed by atoms with Crippen molar-refractivity contribution in [1.29, 1.82) is 0 Å². The summed E-state index contributed by atoms with van der Waals surface area (Å²) in [4.78, 5) is 0.944. The van der Waals surface area contributed by atoms with Gasteiger partial charge < -0.3 is 4.74 Å². The highest BCUT2D eigenvalue weighted by atomic mass is 32.1. The van der Waals surface area contributed by atoms with Crippen LogP contribution in [0.1, 0.15) is 12.5 Å². The summed E-state index contributed by atoms with van der Waals surface area (Å²) in [5, 5.41) is 0. The number of thiol groups is 1. The number of aryl methyl sites for hydroxylation is 1. The van der Waals surface area contributed by atoms with Gasteiger partial charge in [-0.1, -0.05) is 13.0 Å². The highest BCUT2D eigenvalue weighted by molar-refractivity contribution is 7.80. The Balaban J connectivity index is 3.06. The molecule has 2 heteroatoms. The van der Waals surface area contributed by atoms with Crippen molar-refractivity contribution in [1.82, 2.24) is 0 Å². The van der Waals surface area contributed by atoms with E-state index >= 15 is 0 Å². The zero-order valence-electron chi connectivity index (χ0n) is 6.79. The van der Waals surface area contributed by atoms with Crippen molar-refractivity contribution in [2.24, 2.45) is 0 Å². The van der Waals surface area contributed by atoms with Gasteiger partial charge in [-0.25, -0.2) is 0 Å². The third kappa shape index (κ3) is 1.90. The second-order valence-corrected chi connectivity index (χ2v) is 2.87. The fourth-order valence-corrected chi connectivity index (χ4v) is 1.22. The van der Waals surface area contributed by atoms with Crippen molar-refractivity contribution in [3.8, 4) is 5.75 Å². The Morgan fingerprint density at radius 1 is 1.45 bits per heavy atom. The van der Waals surface area contributed by atoms with Gasteiger partial charge in [0, 0.05) is 4.90 Å². The molecule has 60 valence electrons. The first-order chi connectivity index (χ1) is 5.27. The van der Waals surface area contributed by atoms with E-state index in [1.807, 2.05) is 18.2 Å². The number of benzene rings is 1. The lowest BCUT2D eigenvalue weighted by atomic mass is 10.1.